The molecule has 0 unspecified atom stereocenters. The Hall–Kier alpha value is -0.950. The number of aryl methyl sites for hydroxylation is 1. The van der Waals surface area contributed by atoms with Gasteiger partial charge in [0, 0.05) is 0 Å². The van der Waals surface area contributed by atoms with Crippen LogP contribution < -0.4 is 6.15 Å². The minimum absolute atomic E-state index is 0. The van der Waals surface area contributed by atoms with Gasteiger partial charge in [0.2, 0.25) is 0 Å². The molecule has 4 N–H and O–H groups in total. The molecule has 0 spiro atoms. The highest BCUT2D eigenvalue weighted by Gasteiger charge is 2.08. The highest BCUT2D eigenvalue weighted by molar-refractivity contribution is 7.85. The third-order valence-corrected chi connectivity index (χ3v) is 6.66. The third-order valence-electron chi connectivity index (χ3n) is 5.79. The number of rotatable bonds is 19. The highest BCUT2D eigenvalue weighted by atomic mass is 32.2. The average Bonchev–Trinajstić information content (AvgIpc) is 2.75. The second-order valence-electron chi connectivity index (χ2n) is 9.87. The number of benzene rings is 1. The molecule has 0 bridgehead atoms. The molecule has 1 rings (SSSR count). The van der Waals surface area contributed by atoms with E-state index in [9.17, 15) is 8.42 Å². The van der Waals surface area contributed by atoms with E-state index in [-0.39, 0.29) is 11.0 Å². The highest BCUT2D eigenvalue weighted by Crippen LogP contribution is 2.16. The molecule has 0 fully saturated rings. The molecule has 0 aromatic heterocycles. The lowest BCUT2D eigenvalue weighted by Crippen LogP contribution is -1.99. The molecular formula is C28H56N2O3S. The summed E-state index contributed by atoms with van der Waals surface area (Å²) in [5, 5.41) is 0. The van der Waals surface area contributed by atoms with Crippen LogP contribution in [0.4, 0.5) is 0 Å². The molecule has 0 aliphatic rings. The molecule has 0 radical (unpaired) electrons. The summed E-state index contributed by atoms with van der Waals surface area (Å²) >= 11 is 0. The molecule has 0 saturated carbocycles. The van der Waals surface area contributed by atoms with Crippen LogP contribution in [0.25, 0.3) is 0 Å². The SMILES string of the molecule is CCCCCCCCCCCCCCCCCCCc1ccc(S(=O)(=O)O)cc1.CN(C)C.N. The van der Waals surface area contributed by atoms with E-state index in [1.807, 2.05) is 26.0 Å². The van der Waals surface area contributed by atoms with Crippen molar-refractivity contribution in [2.75, 3.05) is 21.1 Å². The molecular weight excluding hydrogens is 444 g/mol. The molecule has 0 aliphatic carbocycles. The Morgan fingerprint density at radius 2 is 0.912 bits per heavy atom. The van der Waals surface area contributed by atoms with E-state index in [1.54, 1.807) is 12.1 Å². The van der Waals surface area contributed by atoms with Gasteiger partial charge in [0.25, 0.3) is 10.1 Å². The minimum Gasteiger partial charge on any atom is -0.344 e. The predicted molar refractivity (Wildman–Crippen MR) is 149 cm³/mol. The molecule has 0 amide bonds. The zero-order valence-electron chi connectivity index (χ0n) is 22.9. The van der Waals surface area contributed by atoms with Gasteiger partial charge < -0.3 is 11.1 Å². The first kappa shape index (κ1) is 35.2. The molecule has 1 aromatic carbocycles. The van der Waals surface area contributed by atoms with E-state index in [1.165, 1.54) is 115 Å². The van der Waals surface area contributed by atoms with Gasteiger partial charge in [0.05, 0.1) is 4.90 Å². The van der Waals surface area contributed by atoms with E-state index in [2.05, 4.69) is 6.92 Å². The average molecular weight is 501 g/mol. The van der Waals surface area contributed by atoms with Crippen LogP contribution in [0.3, 0.4) is 0 Å². The Bertz CT molecular complexity index is 643. The van der Waals surface area contributed by atoms with Gasteiger partial charge in [-0.1, -0.05) is 122 Å². The molecule has 0 saturated heterocycles. The zero-order valence-corrected chi connectivity index (χ0v) is 23.7. The largest absolute Gasteiger partial charge is 0.344 e. The van der Waals surface area contributed by atoms with Crippen molar-refractivity contribution in [1.29, 1.82) is 0 Å². The van der Waals surface area contributed by atoms with Crippen molar-refractivity contribution in [2.24, 2.45) is 0 Å². The summed E-state index contributed by atoms with van der Waals surface area (Å²) in [6.07, 6.45) is 24.3. The number of hydrogen-bond donors (Lipinski definition) is 2. The molecule has 34 heavy (non-hydrogen) atoms. The minimum atomic E-state index is -4.07. The summed E-state index contributed by atoms with van der Waals surface area (Å²) in [5.41, 5.74) is 1.14. The van der Waals surface area contributed by atoms with Crippen molar-refractivity contribution in [3.05, 3.63) is 29.8 Å². The first-order valence-electron chi connectivity index (χ1n) is 13.4. The van der Waals surface area contributed by atoms with Gasteiger partial charge in [-0.3, -0.25) is 4.55 Å². The standard InChI is InChI=1S/C25H44O3S.C3H9N.H3N/c1-2-3-4-5-6-7-8-9-10-11-12-13-14-15-16-17-18-19-24-20-22-25(23-21-24)29(26,27)28;1-4(2)3;/h20-23H,2-19H2,1H3,(H,26,27,28);1-3H3;1H3. The topological polar surface area (TPSA) is 92.6 Å². The first-order chi connectivity index (χ1) is 15.8. The van der Waals surface area contributed by atoms with Crippen molar-refractivity contribution in [2.45, 2.75) is 127 Å². The smallest absolute Gasteiger partial charge is 0.294 e. The van der Waals surface area contributed by atoms with Crippen LogP contribution >= 0.6 is 0 Å². The van der Waals surface area contributed by atoms with Gasteiger partial charge in [-0.05, 0) is 51.7 Å². The van der Waals surface area contributed by atoms with Crippen LogP contribution in [0.15, 0.2) is 29.2 Å². The van der Waals surface area contributed by atoms with Gasteiger partial charge in [0.1, 0.15) is 0 Å². The van der Waals surface area contributed by atoms with Crippen LogP contribution in [-0.4, -0.2) is 39.0 Å². The van der Waals surface area contributed by atoms with E-state index < -0.39 is 10.1 Å². The summed E-state index contributed by atoms with van der Waals surface area (Å²) in [6.45, 7) is 2.28. The fraction of sp³-hybridized carbons (Fsp3) is 0.786. The second-order valence-corrected chi connectivity index (χ2v) is 11.3. The van der Waals surface area contributed by atoms with Crippen LogP contribution in [0.2, 0.25) is 0 Å². The van der Waals surface area contributed by atoms with Crippen LogP contribution in [0.1, 0.15) is 122 Å². The third kappa shape index (κ3) is 24.2. The lowest BCUT2D eigenvalue weighted by atomic mass is 10.0. The summed E-state index contributed by atoms with van der Waals surface area (Å²) < 4.78 is 31.0. The molecule has 202 valence electrons. The van der Waals surface area contributed by atoms with Gasteiger partial charge in [0.15, 0.2) is 0 Å². The number of hydrogen-bond acceptors (Lipinski definition) is 4. The summed E-state index contributed by atoms with van der Waals surface area (Å²) in [6, 6.07) is 6.57. The maximum atomic E-state index is 11.0. The second kappa shape index (κ2) is 23.8. The lowest BCUT2D eigenvalue weighted by molar-refractivity contribution is 0.483. The molecule has 0 aliphatic heterocycles. The summed E-state index contributed by atoms with van der Waals surface area (Å²) in [7, 11) is 1.93. The van der Waals surface area contributed by atoms with Crippen molar-refractivity contribution in [3.8, 4) is 0 Å². The lowest BCUT2D eigenvalue weighted by Gasteiger charge is -2.04. The van der Waals surface area contributed by atoms with E-state index in [0.29, 0.717) is 0 Å². The van der Waals surface area contributed by atoms with Crippen LogP contribution in [0.5, 0.6) is 0 Å². The van der Waals surface area contributed by atoms with Gasteiger partial charge in [-0.15, -0.1) is 0 Å². The van der Waals surface area contributed by atoms with Gasteiger partial charge in [-0.25, -0.2) is 0 Å². The Labute approximate surface area is 212 Å². The van der Waals surface area contributed by atoms with Crippen LogP contribution in [-0.2, 0) is 16.5 Å². The molecule has 6 heteroatoms. The first-order valence-corrected chi connectivity index (χ1v) is 14.9. The number of nitrogens with zero attached hydrogens (tertiary/aromatic N) is 1. The Balaban J connectivity index is 0. The molecule has 0 atom stereocenters. The van der Waals surface area contributed by atoms with E-state index >= 15 is 0 Å². The number of unbranched alkanes of at least 4 members (excludes halogenated alkanes) is 16. The Morgan fingerprint density at radius 3 is 1.21 bits per heavy atom. The maximum Gasteiger partial charge on any atom is 0.294 e. The monoisotopic (exact) mass is 500 g/mol. The normalized spacial score (nSPS) is 11.1. The summed E-state index contributed by atoms with van der Waals surface area (Å²) in [4.78, 5) is 1.98. The van der Waals surface area contributed by atoms with Crippen molar-refractivity contribution in [1.82, 2.24) is 11.1 Å². The molecule has 1 aromatic rings. The van der Waals surface area contributed by atoms with Gasteiger partial charge >= 0.3 is 0 Å². The fourth-order valence-electron chi connectivity index (χ4n) is 3.88. The summed E-state index contributed by atoms with van der Waals surface area (Å²) in [5.74, 6) is 0. The molecule has 0 heterocycles. The Morgan fingerprint density at radius 1 is 0.618 bits per heavy atom. The van der Waals surface area contributed by atoms with Crippen molar-refractivity contribution in [3.63, 3.8) is 0 Å². The van der Waals surface area contributed by atoms with Crippen LogP contribution in [0, 0.1) is 0 Å². The van der Waals surface area contributed by atoms with Crippen molar-refractivity contribution < 1.29 is 13.0 Å². The fourth-order valence-corrected chi connectivity index (χ4v) is 4.36. The van der Waals surface area contributed by atoms with Gasteiger partial charge in [-0.2, -0.15) is 8.42 Å². The Kier molecular flexibility index (Phi) is 24.6. The predicted octanol–water partition coefficient (Wildman–Crippen LogP) is 8.47. The van der Waals surface area contributed by atoms with Crippen molar-refractivity contribution >= 4 is 10.1 Å². The zero-order chi connectivity index (χ0) is 24.8. The molecule has 5 nitrogen and oxygen atoms in total. The quantitative estimate of drug-likeness (QED) is 0.147. The van der Waals surface area contributed by atoms with E-state index in [4.69, 9.17) is 4.55 Å². The van der Waals surface area contributed by atoms with E-state index in [0.717, 1.165) is 18.4 Å². The maximum absolute atomic E-state index is 11.0.